The van der Waals surface area contributed by atoms with Gasteiger partial charge in [0.25, 0.3) is 0 Å². The minimum absolute atomic E-state index is 0.0524. The molecule has 2 rings (SSSR count). The largest absolute Gasteiger partial charge is 0.504 e. The number of nitrogens with zero attached hydrogens (tertiary/aromatic N) is 2. The minimum Gasteiger partial charge on any atom is -0.504 e. The van der Waals surface area contributed by atoms with Crippen LogP contribution in [-0.2, 0) is 0 Å². The van der Waals surface area contributed by atoms with Crippen molar-refractivity contribution in [2.24, 2.45) is 0 Å². The minimum atomic E-state index is -0.256. The lowest BCUT2D eigenvalue weighted by Crippen LogP contribution is -2.38. The molecule has 0 saturated carbocycles. The number of likely N-dealkylation sites (N-methyl/N-ethyl adjacent to an activating group) is 2. The Labute approximate surface area is 119 Å². The second kappa shape index (κ2) is 6.24. The first-order chi connectivity index (χ1) is 9.47. The Hall–Kier alpha value is -1.59. The van der Waals surface area contributed by atoms with E-state index in [2.05, 4.69) is 11.9 Å². The van der Waals surface area contributed by atoms with E-state index in [0.29, 0.717) is 18.2 Å². The summed E-state index contributed by atoms with van der Waals surface area (Å²) in [5.74, 6) is -0.514. The van der Waals surface area contributed by atoms with Crippen molar-refractivity contribution in [3.05, 3.63) is 23.8 Å². The van der Waals surface area contributed by atoms with E-state index in [1.54, 1.807) is 0 Å². The lowest BCUT2D eigenvalue weighted by atomic mass is 10.1. The van der Waals surface area contributed by atoms with Gasteiger partial charge in [-0.05, 0) is 51.7 Å². The molecule has 1 aliphatic heterocycles. The third-order valence-electron chi connectivity index (χ3n) is 3.90. The van der Waals surface area contributed by atoms with Gasteiger partial charge in [-0.2, -0.15) is 0 Å². The van der Waals surface area contributed by atoms with Crippen molar-refractivity contribution in [3.8, 4) is 11.5 Å². The Kier molecular flexibility index (Phi) is 4.62. The van der Waals surface area contributed by atoms with Crippen LogP contribution >= 0.6 is 0 Å². The number of Topliss-reactive ketones (excluding diaryl/α,β-unsaturated/α-hetero) is 1. The monoisotopic (exact) mass is 278 g/mol. The van der Waals surface area contributed by atoms with Gasteiger partial charge in [0.2, 0.25) is 0 Å². The molecule has 0 aromatic heterocycles. The molecular formula is C15H22N2O3. The molecule has 0 amide bonds. The smallest absolute Gasteiger partial charge is 0.176 e. The molecule has 1 fully saturated rings. The maximum absolute atomic E-state index is 12.1. The SMILES string of the molecule is CN(CC(=O)c1ccc(O)c(O)c1)CC1CCCN1C. The summed E-state index contributed by atoms with van der Waals surface area (Å²) in [6, 6.07) is 4.70. The number of rotatable bonds is 5. The van der Waals surface area contributed by atoms with Crippen LogP contribution in [0.4, 0.5) is 0 Å². The van der Waals surface area contributed by atoms with Gasteiger partial charge in [-0.25, -0.2) is 0 Å². The number of aromatic hydroxyl groups is 2. The molecule has 5 heteroatoms. The van der Waals surface area contributed by atoms with Gasteiger partial charge in [-0.1, -0.05) is 0 Å². The first kappa shape index (κ1) is 14.8. The first-order valence-electron chi connectivity index (χ1n) is 6.91. The van der Waals surface area contributed by atoms with Crippen LogP contribution in [0.25, 0.3) is 0 Å². The molecule has 0 spiro atoms. The van der Waals surface area contributed by atoms with Gasteiger partial charge in [0, 0.05) is 18.2 Å². The van der Waals surface area contributed by atoms with E-state index in [4.69, 9.17) is 0 Å². The quantitative estimate of drug-likeness (QED) is 0.628. The zero-order valence-corrected chi connectivity index (χ0v) is 12.0. The van der Waals surface area contributed by atoms with Crippen LogP contribution in [0.5, 0.6) is 11.5 Å². The summed E-state index contributed by atoms with van der Waals surface area (Å²) in [7, 11) is 4.05. The van der Waals surface area contributed by atoms with Gasteiger partial charge in [0.05, 0.1) is 6.54 Å². The number of hydrogen-bond donors (Lipinski definition) is 2. The molecule has 1 heterocycles. The second-order valence-corrected chi connectivity index (χ2v) is 5.60. The summed E-state index contributed by atoms with van der Waals surface area (Å²) < 4.78 is 0. The molecule has 1 aliphatic rings. The molecule has 1 saturated heterocycles. The lowest BCUT2D eigenvalue weighted by Gasteiger charge is -2.25. The first-order valence-corrected chi connectivity index (χ1v) is 6.91. The van der Waals surface area contributed by atoms with E-state index < -0.39 is 0 Å². The zero-order valence-electron chi connectivity index (χ0n) is 12.0. The van der Waals surface area contributed by atoms with E-state index in [-0.39, 0.29) is 17.3 Å². The molecule has 5 nitrogen and oxygen atoms in total. The third kappa shape index (κ3) is 3.49. The molecule has 2 N–H and O–H groups in total. The number of phenolic OH excluding ortho intramolecular Hbond substituents is 2. The highest BCUT2D eigenvalue weighted by Crippen LogP contribution is 2.25. The van der Waals surface area contributed by atoms with Crippen molar-refractivity contribution in [1.29, 1.82) is 0 Å². The number of phenols is 2. The van der Waals surface area contributed by atoms with Gasteiger partial charge in [-0.15, -0.1) is 0 Å². The summed E-state index contributed by atoms with van der Waals surface area (Å²) >= 11 is 0. The number of ketones is 1. The number of carbonyl (C=O) groups is 1. The molecule has 0 aliphatic carbocycles. The number of benzene rings is 1. The molecule has 1 atom stereocenters. The Bertz CT molecular complexity index is 490. The predicted octanol–water partition coefficient (Wildman–Crippen LogP) is 1.31. The lowest BCUT2D eigenvalue weighted by molar-refractivity contribution is 0.0932. The van der Waals surface area contributed by atoms with Crippen LogP contribution in [0.1, 0.15) is 23.2 Å². The fraction of sp³-hybridized carbons (Fsp3) is 0.533. The molecule has 1 aromatic rings. The van der Waals surface area contributed by atoms with Gasteiger partial charge in [0.1, 0.15) is 0 Å². The van der Waals surface area contributed by atoms with Crippen LogP contribution in [0.2, 0.25) is 0 Å². The Balaban J connectivity index is 1.91. The van der Waals surface area contributed by atoms with Crippen molar-refractivity contribution in [1.82, 2.24) is 9.80 Å². The van der Waals surface area contributed by atoms with E-state index in [1.165, 1.54) is 31.0 Å². The maximum atomic E-state index is 12.1. The Morgan fingerprint density at radius 1 is 1.40 bits per heavy atom. The van der Waals surface area contributed by atoms with Gasteiger partial charge in [-0.3, -0.25) is 9.69 Å². The topological polar surface area (TPSA) is 64.0 Å². The number of likely N-dealkylation sites (tertiary alicyclic amines) is 1. The van der Waals surface area contributed by atoms with Gasteiger partial charge >= 0.3 is 0 Å². The van der Waals surface area contributed by atoms with Crippen LogP contribution in [0.15, 0.2) is 18.2 Å². The summed E-state index contributed by atoms with van der Waals surface area (Å²) in [6.45, 7) is 2.30. The van der Waals surface area contributed by atoms with E-state index in [1.807, 2.05) is 11.9 Å². The number of hydrogen-bond acceptors (Lipinski definition) is 5. The van der Waals surface area contributed by atoms with E-state index in [0.717, 1.165) is 13.1 Å². The zero-order chi connectivity index (χ0) is 14.7. The van der Waals surface area contributed by atoms with E-state index >= 15 is 0 Å². The molecule has 110 valence electrons. The fourth-order valence-corrected chi connectivity index (χ4v) is 2.67. The van der Waals surface area contributed by atoms with Crippen molar-refractivity contribution in [2.45, 2.75) is 18.9 Å². The highest BCUT2D eigenvalue weighted by molar-refractivity contribution is 5.98. The Morgan fingerprint density at radius 3 is 2.75 bits per heavy atom. The predicted molar refractivity (Wildman–Crippen MR) is 77.3 cm³/mol. The molecule has 0 radical (unpaired) electrons. The van der Waals surface area contributed by atoms with Crippen LogP contribution < -0.4 is 0 Å². The van der Waals surface area contributed by atoms with Crippen molar-refractivity contribution in [2.75, 3.05) is 33.7 Å². The van der Waals surface area contributed by atoms with Crippen LogP contribution in [0, 0.1) is 0 Å². The maximum Gasteiger partial charge on any atom is 0.176 e. The normalized spacial score (nSPS) is 19.6. The molecular weight excluding hydrogens is 256 g/mol. The summed E-state index contributed by atoms with van der Waals surface area (Å²) in [4.78, 5) is 16.5. The summed E-state index contributed by atoms with van der Waals surface area (Å²) in [5, 5.41) is 18.7. The molecule has 20 heavy (non-hydrogen) atoms. The average Bonchev–Trinajstić information content (AvgIpc) is 2.78. The summed E-state index contributed by atoms with van der Waals surface area (Å²) in [5.41, 5.74) is 0.423. The highest BCUT2D eigenvalue weighted by atomic mass is 16.3. The Morgan fingerprint density at radius 2 is 2.15 bits per heavy atom. The number of carbonyl (C=O) groups excluding carboxylic acids is 1. The summed E-state index contributed by atoms with van der Waals surface area (Å²) in [6.07, 6.45) is 2.39. The molecule has 0 bridgehead atoms. The van der Waals surface area contributed by atoms with Crippen LogP contribution in [-0.4, -0.2) is 65.6 Å². The van der Waals surface area contributed by atoms with Crippen molar-refractivity contribution < 1.29 is 15.0 Å². The standard InChI is InChI=1S/C15H22N2O3/c1-16(9-12-4-3-7-17(12)2)10-15(20)11-5-6-13(18)14(19)8-11/h5-6,8,12,18-19H,3-4,7,9-10H2,1-2H3. The van der Waals surface area contributed by atoms with Gasteiger partial charge in [0.15, 0.2) is 17.3 Å². The van der Waals surface area contributed by atoms with Crippen molar-refractivity contribution in [3.63, 3.8) is 0 Å². The third-order valence-corrected chi connectivity index (χ3v) is 3.90. The van der Waals surface area contributed by atoms with Crippen LogP contribution in [0.3, 0.4) is 0 Å². The second-order valence-electron chi connectivity index (χ2n) is 5.60. The highest BCUT2D eigenvalue weighted by Gasteiger charge is 2.23. The molecule has 1 unspecified atom stereocenters. The average molecular weight is 278 g/mol. The van der Waals surface area contributed by atoms with Gasteiger partial charge < -0.3 is 15.1 Å². The molecule has 1 aromatic carbocycles. The van der Waals surface area contributed by atoms with Crippen molar-refractivity contribution >= 4 is 5.78 Å². The van der Waals surface area contributed by atoms with E-state index in [9.17, 15) is 15.0 Å². The fourth-order valence-electron chi connectivity index (χ4n) is 2.67.